The Morgan fingerprint density at radius 3 is 2.77 bits per heavy atom. The average molecular weight is 316 g/mol. The molecule has 0 radical (unpaired) electrons. The van der Waals surface area contributed by atoms with Gasteiger partial charge in [0.1, 0.15) is 0 Å². The summed E-state index contributed by atoms with van der Waals surface area (Å²) in [5.74, 6) is 0.157. The molecular formula is C17H18ClN3O. The number of hydrogen-bond acceptors (Lipinski definition) is 2. The van der Waals surface area contributed by atoms with E-state index in [0.717, 1.165) is 42.3 Å². The van der Waals surface area contributed by atoms with Gasteiger partial charge in [0.05, 0.1) is 16.9 Å². The first-order valence-electron chi connectivity index (χ1n) is 7.61. The van der Waals surface area contributed by atoms with Crippen LogP contribution in [0.1, 0.15) is 25.5 Å². The Labute approximate surface area is 134 Å². The molecule has 1 saturated heterocycles. The number of aromatic nitrogens is 1. The van der Waals surface area contributed by atoms with E-state index in [-0.39, 0.29) is 11.4 Å². The fraction of sp³-hybridized carbons (Fsp3) is 0.353. The highest BCUT2D eigenvalue weighted by Gasteiger charge is 2.41. The Hall–Kier alpha value is -1.94. The number of rotatable bonds is 0. The van der Waals surface area contributed by atoms with Crippen molar-refractivity contribution in [2.24, 2.45) is 0 Å². The fourth-order valence-corrected chi connectivity index (χ4v) is 3.88. The Bertz CT molecular complexity index is 744. The van der Waals surface area contributed by atoms with E-state index in [9.17, 15) is 4.79 Å². The van der Waals surface area contributed by atoms with Gasteiger partial charge in [0, 0.05) is 36.9 Å². The van der Waals surface area contributed by atoms with Crippen LogP contribution in [0.5, 0.6) is 0 Å². The van der Waals surface area contributed by atoms with E-state index in [4.69, 9.17) is 11.6 Å². The zero-order valence-corrected chi connectivity index (χ0v) is 13.2. The van der Waals surface area contributed by atoms with Gasteiger partial charge in [0.15, 0.2) is 0 Å². The van der Waals surface area contributed by atoms with E-state index in [1.54, 1.807) is 6.92 Å². The van der Waals surface area contributed by atoms with Crippen LogP contribution in [0.25, 0.3) is 5.69 Å². The highest BCUT2D eigenvalue weighted by atomic mass is 35.5. The van der Waals surface area contributed by atoms with Gasteiger partial charge in [-0.25, -0.2) is 0 Å². The zero-order valence-electron chi connectivity index (χ0n) is 12.5. The average Bonchev–Trinajstić information content (AvgIpc) is 2.98. The molecule has 2 aliphatic rings. The molecule has 2 aliphatic heterocycles. The molecule has 0 atom stereocenters. The summed E-state index contributed by atoms with van der Waals surface area (Å²) in [5.41, 5.74) is 3.34. The summed E-state index contributed by atoms with van der Waals surface area (Å²) >= 11 is 6.17. The topological polar surface area (TPSA) is 37.3 Å². The number of hydrogen-bond donors (Lipinski definition) is 1. The normalized spacial score (nSPS) is 18.5. The molecule has 22 heavy (non-hydrogen) atoms. The summed E-state index contributed by atoms with van der Waals surface area (Å²) in [6.07, 6.45) is 3.91. The molecule has 1 amide bonds. The van der Waals surface area contributed by atoms with E-state index in [0.29, 0.717) is 0 Å². The van der Waals surface area contributed by atoms with Crippen LogP contribution < -0.4 is 5.32 Å². The van der Waals surface area contributed by atoms with Crippen LogP contribution >= 0.6 is 11.6 Å². The molecule has 0 saturated carbocycles. The number of nitrogens with zero attached hydrogens (tertiary/aromatic N) is 2. The smallest absolute Gasteiger partial charge is 0.219 e. The molecule has 5 heteroatoms. The Morgan fingerprint density at radius 2 is 2.05 bits per heavy atom. The van der Waals surface area contributed by atoms with Crippen LogP contribution in [0.2, 0.25) is 5.02 Å². The van der Waals surface area contributed by atoms with Crippen molar-refractivity contribution >= 4 is 23.2 Å². The summed E-state index contributed by atoms with van der Waals surface area (Å²) in [4.78, 5) is 13.5. The number of likely N-dealkylation sites (tertiary alicyclic amines) is 1. The molecule has 1 aromatic carbocycles. The fourth-order valence-electron chi connectivity index (χ4n) is 3.71. The number of fused-ring (bicyclic) bond motifs is 4. The number of halogens is 1. The molecule has 1 spiro atoms. The van der Waals surface area contributed by atoms with Crippen molar-refractivity contribution < 1.29 is 4.79 Å². The maximum absolute atomic E-state index is 11.6. The molecule has 114 valence electrons. The molecular weight excluding hydrogens is 298 g/mol. The van der Waals surface area contributed by atoms with Gasteiger partial charge in [-0.1, -0.05) is 11.6 Å². The SMILES string of the molecule is CC(=O)N1CCC2(CC1)Nc1cc(Cl)ccc1-n1cccc12. The summed E-state index contributed by atoms with van der Waals surface area (Å²) in [6, 6.07) is 10.2. The first-order valence-corrected chi connectivity index (χ1v) is 7.98. The third-order valence-corrected chi connectivity index (χ3v) is 5.13. The van der Waals surface area contributed by atoms with Gasteiger partial charge in [-0.15, -0.1) is 0 Å². The Morgan fingerprint density at radius 1 is 1.27 bits per heavy atom. The van der Waals surface area contributed by atoms with Crippen LogP contribution in [0, 0.1) is 0 Å². The predicted molar refractivity (Wildman–Crippen MR) is 87.6 cm³/mol. The lowest BCUT2D eigenvalue weighted by molar-refractivity contribution is -0.130. The predicted octanol–water partition coefficient (Wildman–Crippen LogP) is 3.39. The van der Waals surface area contributed by atoms with Gasteiger partial charge in [0.25, 0.3) is 0 Å². The lowest BCUT2D eigenvalue weighted by Gasteiger charge is -2.46. The third-order valence-electron chi connectivity index (χ3n) is 4.89. The van der Waals surface area contributed by atoms with E-state index >= 15 is 0 Å². The highest BCUT2D eigenvalue weighted by Crippen LogP contribution is 2.43. The van der Waals surface area contributed by atoms with E-state index < -0.39 is 0 Å². The number of piperidine rings is 1. The molecule has 0 aliphatic carbocycles. The maximum atomic E-state index is 11.6. The number of nitrogens with one attached hydrogen (secondary N) is 1. The molecule has 4 rings (SSSR count). The van der Waals surface area contributed by atoms with E-state index in [1.807, 2.05) is 23.1 Å². The summed E-state index contributed by atoms with van der Waals surface area (Å²) in [5, 5.41) is 4.45. The van der Waals surface area contributed by atoms with Crippen LogP contribution in [0.15, 0.2) is 36.5 Å². The Kier molecular flexibility index (Phi) is 2.98. The summed E-state index contributed by atoms with van der Waals surface area (Å²) in [6.45, 7) is 3.21. The first-order chi connectivity index (χ1) is 10.6. The van der Waals surface area contributed by atoms with Crippen molar-refractivity contribution in [3.8, 4) is 5.69 Å². The highest BCUT2D eigenvalue weighted by molar-refractivity contribution is 6.31. The quantitative estimate of drug-likeness (QED) is 0.809. The standard InChI is InChI=1S/C17H18ClN3O/c1-12(22)20-9-6-17(7-10-20)16-3-2-8-21(16)15-5-4-13(18)11-14(15)19-17/h2-5,8,11,19H,6-7,9-10H2,1H3. The van der Waals surface area contributed by atoms with Crippen molar-refractivity contribution in [2.45, 2.75) is 25.3 Å². The van der Waals surface area contributed by atoms with Gasteiger partial charge >= 0.3 is 0 Å². The largest absolute Gasteiger partial charge is 0.372 e. The van der Waals surface area contributed by atoms with Gasteiger partial charge in [-0.2, -0.15) is 0 Å². The summed E-state index contributed by atoms with van der Waals surface area (Å²) in [7, 11) is 0. The molecule has 3 heterocycles. The lowest BCUT2D eigenvalue weighted by atomic mass is 9.82. The minimum absolute atomic E-state index is 0.118. The molecule has 4 nitrogen and oxygen atoms in total. The monoisotopic (exact) mass is 315 g/mol. The van der Waals surface area contributed by atoms with Gasteiger partial charge in [0.2, 0.25) is 5.91 Å². The van der Waals surface area contributed by atoms with Crippen molar-refractivity contribution in [2.75, 3.05) is 18.4 Å². The summed E-state index contributed by atoms with van der Waals surface area (Å²) < 4.78 is 2.24. The molecule has 0 bridgehead atoms. The number of carbonyl (C=O) groups is 1. The maximum Gasteiger partial charge on any atom is 0.219 e. The minimum Gasteiger partial charge on any atom is -0.372 e. The minimum atomic E-state index is -0.118. The van der Waals surface area contributed by atoms with Crippen LogP contribution in [0.3, 0.4) is 0 Å². The van der Waals surface area contributed by atoms with Crippen molar-refractivity contribution in [1.29, 1.82) is 0 Å². The van der Waals surface area contributed by atoms with Gasteiger partial charge < -0.3 is 14.8 Å². The number of anilines is 1. The molecule has 1 N–H and O–H groups in total. The van der Waals surface area contributed by atoms with Crippen LogP contribution in [-0.4, -0.2) is 28.5 Å². The second-order valence-corrected chi connectivity index (χ2v) is 6.57. The second kappa shape index (κ2) is 4.78. The van der Waals surface area contributed by atoms with Gasteiger partial charge in [-0.3, -0.25) is 4.79 Å². The van der Waals surface area contributed by atoms with Crippen LogP contribution in [0.4, 0.5) is 5.69 Å². The third kappa shape index (κ3) is 1.94. The van der Waals surface area contributed by atoms with Crippen molar-refractivity contribution in [1.82, 2.24) is 9.47 Å². The number of carbonyl (C=O) groups excluding carboxylic acids is 1. The molecule has 1 fully saturated rings. The number of benzene rings is 1. The number of amides is 1. The molecule has 1 aromatic heterocycles. The first kappa shape index (κ1) is 13.7. The van der Waals surface area contributed by atoms with E-state index in [1.165, 1.54) is 5.69 Å². The molecule has 0 unspecified atom stereocenters. The van der Waals surface area contributed by atoms with Crippen molar-refractivity contribution in [3.05, 3.63) is 47.2 Å². The zero-order chi connectivity index (χ0) is 15.3. The second-order valence-electron chi connectivity index (χ2n) is 6.14. The van der Waals surface area contributed by atoms with Crippen molar-refractivity contribution in [3.63, 3.8) is 0 Å². The Balaban J connectivity index is 1.76. The van der Waals surface area contributed by atoms with Gasteiger partial charge in [-0.05, 0) is 43.2 Å². The molecule has 2 aromatic rings. The van der Waals surface area contributed by atoms with Crippen LogP contribution in [-0.2, 0) is 10.3 Å². The lowest BCUT2D eigenvalue weighted by Crippen LogP contribution is -2.50. The van der Waals surface area contributed by atoms with E-state index in [2.05, 4.69) is 28.2 Å².